The van der Waals surface area contributed by atoms with E-state index in [9.17, 15) is 13.6 Å². The van der Waals surface area contributed by atoms with Crippen LogP contribution in [0.25, 0.3) is 0 Å². The summed E-state index contributed by atoms with van der Waals surface area (Å²) in [6.07, 6.45) is -2.35. The molecule has 2 fully saturated rings. The first-order valence-electron chi connectivity index (χ1n) is 15.2. The van der Waals surface area contributed by atoms with Crippen molar-refractivity contribution in [1.82, 2.24) is 24.7 Å². The largest absolute Gasteiger partial charge is 0.481 e. The zero-order valence-electron chi connectivity index (χ0n) is 26.8. The fourth-order valence-electron chi connectivity index (χ4n) is 6.47. The predicted octanol–water partition coefficient (Wildman–Crippen LogP) is 4.55. The molecule has 1 aromatic heterocycles. The summed E-state index contributed by atoms with van der Waals surface area (Å²) >= 11 is 0. The smallest absolute Gasteiger partial charge is 0.322 e. The first-order chi connectivity index (χ1) is 21.9. The van der Waals surface area contributed by atoms with E-state index in [2.05, 4.69) is 68.3 Å². The molecule has 0 unspecified atom stereocenters. The van der Waals surface area contributed by atoms with Crippen molar-refractivity contribution in [3.8, 4) is 17.8 Å². The molecule has 258 valence electrons. The maximum atomic E-state index is 13.2. The van der Waals surface area contributed by atoms with Crippen LogP contribution in [0.15, 0.2) is 60.7 Å². The fourth-order valence-corrected chi connectivity index (χ4v) is 6.47. The molecule has 2 aliphatic rings. The van der Waals surface area contributed by atoms with E-state index in [0.29, 0.717) is 51.3 Å². The first-order valence-corrected chi connectivity index (χ1v) is 15.2. The molecular formula is C33H43Cl2F2N5O5. The molecule has 0 spiro atoms. The number of nitrogens with zero attached hydrogens (tertiary/aromatic N) is 5. The minimum Gasteiger partial charge on any atom is -0.481 e. The second-order valence-corrected chi connectivity index (χ2v) is 11.2. The number of carbonyl (C=O) groups excluding carboxylic acids is 1. The summed E-state index contributed by atoms with van der Waals surface area (Å²) in [6, 6.07) is 20.9. The summed E-state index contributed by atoms with van der Waals surface area (Å²) < 4.78 is 47.8. The van der Waals surface area contributed by atoms with Crippen molar-refractivity contribution in [3.05, 3.63) is 77.4 Å². The predicted molar refractivity (Wildman–Crippen MR) is 178 cm³/mol. The number of piperazine rings is 2. The fraction of sp³-hybridized carbons (Fsp3) is 0.485. The molecule has 0 saturated carbocycles. The van der Waals surface area contributed by atoms with Gasteiger partial charge in [0.25, 0.3) is 6.43 Å². The van der Waals surface area contributed by atoms with E-state index in [1.165, 1.54) is 25.3 Å². The van der Waals surface area contributed by atoms with Crippen LogP contribution in [0.3, 0.4) is 0 Å². The average molecular weight is 699 g/mol. The van der Waals surface area contributed by atoms with Crippen LogP contribution in [-0.2, 0) is 16.1 Å². The Kier molecular flexibility index (Phi) is 14.9. The van der Waals surface area contributed by atoms with Gasteiger partial charge in [0.15, 0.2) is 6.61 Å². The van der Waals surface area contributed by atoms with E-state index in [4.69, 9.17) is 18.9 Å². The molecule has 0 aliphatic carbocycles. The molecule has 0 bridgehead atoms. The lowest BCUT2D eigenvalue weighted by Crippen LogP contribution is -2.67. The van der Waals surface area contributed by atoms with Gasteiger partial charge in [0.1, 0.15) is 0 Å². The second-order valence-electron chi connectivity index (χ2n) is 11.2. The highest BCUT2D eigenvalue weighted by atomic mass is 35.5. The number of hydrogen-bond donors (Lipinski definition) is 0. The molecule has 5 rings (SSSR count). The van der Waals surface area contributed by atoms with Gasteiger partial charge in [-0.1, -0.05) is 60.7 Å². The second kappa shape index (κ2) is 18.3. The number of alkyl halides is 2. The van der Waals surface area contributed by atoms with Crippen LogP contribution in [0.5, 0.6) is 17.8 Å². The summed E-state index contributed by atoms with van der Waals surface area (Å²) in [5, 5.41) is 0. The zero-order valence-corrected chi connectivity index (χ0v) is 28.4. The van der Waals surface area contributed by atoms with Crippen molar-refractivity contribution in [2.24, 2.45) is 0 Å². The number of halogens is 4. The minimum absolute atomic E-state index is 0. The monoisotopic (exact) mass is 697 g/mol. The minimum atomic E-state index is -2.68. The van der Waals surface area contributed by atoms with Crippen LogP contribution in [0.1, 0.15) is 29.0 Å². The third-order valence-corrected chi connectivity index (χ3v) is 8.46. The Morgan fingerprint density at radius 1 is 0.872 bits per heavy atom. The number of benzene rings is 2. The highest BCUT2D eigenvalue weighted by Crippen LogP contribution is 2.37. The number of ether oxygens (including phenoxy) is 4. The molecule has 2 aromatic carbocycles. The van der Waals surface area contributed by atoms with E-state index in [0.717, 1.165) is 6.54 Å². The van der Waals surface area contributed by atoms with E-state index in [1.807, 2.05) is 17.0 Å². The maximum absolute atomic E-state index is 13.2. The SMILES string of the molecule is COCCC(=O)N1CCN2[C@H](CN(Cc3c(OC)nc(OC)nc3OCC(F)F)C[C@H]2C(c2ccccc2)c2ccccc2)C1.Cl.Cl. The van der Waals surface area contributed by atoms with Crippen LogP contribution in [0, 0.1) is 0 Å². The molecule has 3 aromatic rings. The van der Waals surface area contributed by atoms with Gasteiger partial charge in [-0.3, -0.25) is 14.6 Å². The quantitative estimate of drug-likeness (QED) is 0.255. The lowest BCUT2D eigenvalue weighted by atomic mass is 9.81. The van der Waals surface area contributed by atoms with E-state index in [1.54, 1.807) is 7.11 Å². The molecule has 1 amide bonds. The Labute approximate surface area is 287 Å². The first kappa shape index (κ1) is 38.2. The molecule has 2 atom stereocenters. The van der Waals surface area contributed by atoms with Gasteiger partial charge < -0.3 is 23.8 Å². The number of aromatic nitrogens is 2. The molecule has 2 aliphatic heterocycles. The van der Waals surface area contributed by atoms with Gasteiger partial charge in [-0.2, -0.15) is 9.97 Å². The molecule has 14 heteroatoms. The number of amides is 1. The maximum Gasteiger partial charge on any atom is 0.322 e. The topological polar surface area (TPSA) is 89.5 Å². The summed E-state index contributed by atoms with van der Waals surface area (Å²) in [7, 11) is 4.46. The van der Waals surface area contributed by atoms with Gasteiger partial charge in [0.2, 0.25) is 17.7 Å². The van der Waals surface area contributed by atoms with Gasteiger partial charge in [0, 0.05) is 64.4 Å². The van der Waals surface area contributed by atoms with Crippen LogP contribution >= 0.6 is 24.8 Å². The summed E-state index contributed by atoms with van der Waals surface area (Å²) in [4.78, 5) is 28.4. The molecule has 0 N–H and O–H groups in total. The molecule has 47 heavy (non-hydrogen) atoms. The van der Waals surface area contributed by atoms with Crippen LogP contribution in [0.4, 0.5) is 8.78 Å². The lowest BCUT2D eigenvalue weighted by molar-refractivity contribution is -0.137. The Morgan fingerprint density at radius 3 is 2.09 bits per heavy atom. The number of methoxy groups -OCH3 is 3. The van der Waals surface area contributed by atoms with Crippen LogP contribution in [-0.4, -0.2) is 116 Å². The number of rotatable bonds is 13. The number of carbonyl (C=O) groups is 1. The molecule has 0 radical (unpaired) electrons. The van der Waals surface area contributed by atoms with Crippen molar-refractivity contribution in [1.29, 1.82) is 0 Å². The third-order valence-electron chi connectivity index (χ3n) is 8.46. The number of fused-ring (bicyclic) bond motifs is 1. The van der Waals surface area contributed by atoms with Gasteiger partial charge in [-0.05, 0) is 11.1 Å². The Bertz CT molecular complexity index is 1360. The standard InChI is InChI=1S/C33H41F2N5O5.2ClH/c1-42-17-14-29(41)39-15-16-40-25(19-39)18-38(20-26-31(43-2)36-33(44-3)37-32(26)45-22-28(34)35)21-27(40)30(23-10-6-4-7-11-23)24-12-8-5-9-13-24;;/h4-13,25,27-28,30H,14-22H2,1-3H3;2*1H/t25-,27+;;/m1../s1. The van der Waals surface area contributed by atoms with Crippen molar-refractivity contribution >= 4 is 30.7 Å². The Morgan fingerprint density at radius 2 is 1.51 bits per heavy atom. The summed E-state index contributed by atoms with van der Waals surface area (Å²) in [6.45, 7) is 3.07. The lowest BCUT2D eigenvalue weighted by Gasteiger charge is -2.53. The molecule has 2 saturated heterocycles. The highest BCUT2D eigenvalue weighted by molar-refractivity contribution is 5.85. The number of hydrogen-bond acceptors (Lipinski definition) is 9. The van der Waals surface area contributed by atoms with Crippen molar-refractivity contribution < 1.29 is 32.5 Å². The molecule has 10 nitrogen and oxygen atoms in total. The average Bonchev–Trinajstić information content (AvgIpc) is 3.07. The molecular weight excluding hydrogens is 655 g/mol. The zero-order chi connectivity index (χ0) is 31.8. The summed E-state index contributed by atoms with van der Waals surface area (Å²) in [5.74, 6) is 0.311. The highest BCUT2D eigenvalue weighted by Gasteiger charge is 2.43. The van der Waals surface area contributed by atoms with Crippen LogP contribution < -0.4 is 14.2 Å². The Balaban J connectivity index is 0.00000300. The van der Waals surface area contributed by atoms with Crippen LogP contribution in [0.2, 0.25) is 0 Å². The third kappa shape index (κ3) is 9.41. The van der Waals surface area contributed by atoms with Gasteiger partial charge in [0.05, 0.1) is 32.8 Å². The van der Waals surface area contributed by atoms with E-state index in [-0.39, 0.29) is 66.5 Å². The van der Waals surface area contributed by atoms with Crippen molar-refractivity contribution in [2.45, 2.75) is 37.4 Å². The summed E-state index contributed by atoms with van der Waals surface area (Å²) in [5.41, 5.74) is 2.85. The normalized spacial score (nSPS) is 18.2. The van der Waals surface area contributed by atoms with Gasteiger partial charge >= 0.3 is 6.01 Å². The van der Waals surface area contributed by atoms with E-state index < -0.39 is 13.0 Å². The van der Waals surface area contributed by atoms with Gasteiger partial charge in [-0.25, -0.2) is 8.78 Å². The van der Waals surface area contributed by atoms with Gasteiger partial charge in [-0.15, -0.1) is 24.8 Å². The molecule has 3 heterocycles. The van der Waals surface area contributed by atoms with Crippen molar-refractivity contribution in [2.75, 3.05) is 67.3 Å². The Hall–Kier alpha value is -3.29. The van der Waals surface area contributed by atoms with E-state index >= 15 is 0 Å². The van der Waals surface area contributed by atoms with Crippen molar-refractivity contribution in [3.63, 3.8) is 0 Å².